The Morgan fingerprint density at radius 3 is 2.25 bits per heavy atom. The van der Waals surface area contributed by atoms with Crippen molar-refractivity contribution in [2.24, 2.45) is 14.1 Å². The Hall–Kier alpha value is -3.36. The summed E-state index contributed by atoms with van der Waals surface area (Å²) in [6.45, 7) is 5.69. The van der Waals surface area contributed by atoms with Crippen molar-refractivity contribution in [1.82, 2.24) is 9.13 Å². The number of benzene rings is 1. The van der Waals surface area contributed by atoms with E-state index in [0.29, 0.717) is 21.6 Å². The fourth-order valence-electron chi connectivity index (χ4n) is 2.59. The number of rotatable bonds is 5. The van der Waals surface area contributed by atoms with Crippen LogP contribution < -0.4 is 20.7 Å². The molecule has 0 aliphatic rings. The van der Waals surface area contributed by atoms with Gasteiger partial charge >= 0.3 is 16.9 Å². The van der Waals surface area contributed by atoms with Crippen molar-refractivity contribution in [2.45, 2.75) is 26.4 Å². The van der Waals surface area contributed by atoms with Crippen molar-refractivity contribution < 1.29 is 14.4 Å². The van der Waals surface area contributed by atoms with E-state index < -0.39 is 27.5 Å². The molecule has 2 aromatic rings. The third-order valence-electron chi connectivity index (χ3n) is 3.91. The van der Waals surface area contributed by atoms with E-state index in [1.807, 2.05) is 20.8 Å². The van der Waals surface area contributed by atoms with Crippen LogP contribution in [0.5, 0.6) is 11.5 Å². The van der Waals surface area contributed by atoms with Crippen LogP contribution in [0.25, 0.3) is 12.2 Å². The minimum Gasteiger partial charge on any atom is -0.493 e. The summed E-state index contributed by atoms with van der Waals surface area (Å²) in [4.78, 5) is 34.9. The monoisotopic (exact) mass is 389 g/mol. The summed E-state index contributed by atoms with van der Waals surface area (Å²) < 4.78 is 12.9. The van der Waals surface area contributed by atoms with Gasteiger partial charge in [-0.3, -0.25) is 24.0 Å². The summed E-state index contributed by atoms with van der Waals surface area (Å²) in [7, 11) is 4.10. The zero-order chi connectivity index (χ0) is 21.2. The fourth-order valence-corrected chi connectivity index (χ4v) is 2.59. The molecule has 0 radical (unpaired) electrons. The Kier molecular flexibility index (Phi) is 5.77. The first-order chi connectivity index (χ1) is 13.0. The highest BCUT2D eigenvalue weighted by Gasteiger charge is 2.23. The number of hydrogen-bond donors (Lipinski definition) is 0. The second-order valence-electron chi connectivity index (χ2n) is 7.15. The van der Waals surface area contributed by atoms with E-state index in [9.17, 15) is 19.7 Å². The minimum atomic E-state index is -0.959. The third-order valence-corrected chi connectivity index (χ3v) is 3.91. The van der Waals surface area contributed by atoms with Gasteiger partial charge in [0.25, 0.3) is 0 Å². The van der Waals surface area contributed by atoms with Crippen LogP contribution in [0.2, 0.25) is 0 Å². The topological polar surface area (TPSA) is 106 Å². The predicted molar refractivity (Wildman–Crippen MR) is 106 cm³/mol. The van der Waals surface area contributed by atoms with Crippen molar-refractivity contribution in [3.8, 4) is 11.5 Å². The van der Waals surface area contributed by atoms with Crippen LogP contribution >= 0.6 is 0 Å². The highest BCUT2D eigenvalue weighted by molar-refractivity contribution is 5.73. The zero-order valence-electron chi connectivity index (χ0n) is 16.7. The molecule has 1 aromatic carbocycles. The van der Waals surface area contributed by atoms with E-state index in [4.69, 9.17) is 9.47 Å². The molecule has 28 heavy (non-hydrogen) atoms. The lowest BCUT2D eigenvalue weighted by molar-refractivity contribution is -0.387. The average Bonchev–Trinajstić information content (AvgIpc) is 2.60. The minimum absolute atomic E-state index is 0.0905. The number of ether oxygens (including phenoxy) is 2. The molecule has 150 valence electrons. The summed E-state index contributed by atoms with van der Waals surface area (Å²) in [6.07, 6.45) is 2.93. The molecule has 0 bridgehead atoms. The number of methoxy groups -OCH3 is 1. The largest absolute Gasteiger partial charge is 0.493 e. The Bertz CT molecular complexity index is 1060. The molecule has 1 heterocycles. The summed E-state index contributed by atoms with van der Waals surface area (Å²) in [5, 5.41) is 11.4. The average molecular weight is 389 g/mol. The molecule has 1 aromatic heterocycles. The van der Waals surface area contributed by atoms with Crippen molar-refractivity contribution in [2.75, 3.05) is 7.11 Å². The Balaban J connectivity index is 2.58. The lowest BCUT2D eigenvalue weighted by atomic mass is 10.1. The Morgan fingerprint density at radius 2 is 1.71 bits per heavy atom. The van der Waals surface area contributed by atoms with Crippen LogP contribution in [0.4, 0.5) is 5.69 Å². The fraction of sp³-hybridized carbons (Fsp3) is 0.368. The second-order valence-corrected chi connectivity index (χ2v) is 7.15. The van der Waals surface area contributed by atoms with Crippen molar-refractivity contribution in [1.29, 1.82) is 0 Å². The van der Waals surface area contributed by atoms with Crippen molar-refractivity contribution >= 4 is 17.8 Å². The van der Waals surface area contributed by atoms with Gasteiger partial charge in [0.1, 0.15) is 11.3 Å². The van der Waals surface area contributed by atoms with Gasteiger partial charge in [-0.2, -0.15) is 0 Å². The molecule has 0 fully saturated rings. The van der Waals surface area contributed by atoms with Gasteiger partial charge in [-0.05, 0) is 44.5 Å². The van der Waals surface area contributed by atoms with Crippen molar-refractivity contribution in [3.63, 3.8) is 0 Å². The molecule has 0 amide bonds. The Labute approximate surface area is 161 Å². The molecule has 0 atom stereocenters. The molecule has 0 saturated heterocycles. The number of nitrogens with zero attached hydrogens (tertiary/aromatic N) is 3. The quantitative estimate of drug-likeness (QED) is 0.574. The predicted octanol–water partition coefficient (Wildman–Crippen LogP) is 2.35. The van der Waals surface area contributed by atoms with Crippen LogP contribution in [0.3, 0.4) is 0 Å². The molecule has 0 saturated carbocycles. The second kappa shape index (κ2) is 7.71. The van der Waals surface area contributed by atoms with Crippen LogP contribution in [-0.2, 0) is 14.1 Å². The Morgan fingerprint density at radius 1 is 1.07 bits per heavy atom. The van der Waals surface area contributed by atoms with Gasteiger partial charge < -0.3 is 9.47 Å². The summed E-state index contributed by atoms with van der Waals surface area (Å²) in [6, 6.07) is 5.15. The SMILES string of the molecule is COc1ccc(/C=C/c2c([N+](=O)[O-])c(=O)n(C)c(=O)n2C)cc1OC(C)(C)C. The van der Waals surface area contributed by atoms with Gasteiger partial charge in [0.05, 0.1) is 12.0 Å². The first kappa shape index (κ1) is 20.9. The summed E-state index contributed by atoms with van der Waals surface area (Å²) in [5.41, 5.74) is -2.17. The van der Waals surface area contributed by atoms with E-state index in [1.54, 1.807) is 24.3 Å². The first-order valence-electron chi connectivity index (χ1n) is 8.46. The van der Waals surface area contributed by atoms with E-state index in [1.165, 1.54) is 27.3 Å². The lowest BCUT2D eigenvalue weighted by Gasteiger charge is -2.23. The summed E-state index contributed by atoms with van der Waals surface area (Å²) >= 11 is 0. The molecule has 2 rings (SSSR count). The standard InChI is InChI=1S/C19H23N3O6/c1-19(2,3)28-15-11-12(8-10-14(15)27-6)7-9-13-16(22(25)26)17(23)21(5)18(24)20(13)4/h7-11H,1-6H3/b9-7+. The molecule has 0 aliphatic carbocycles. The third kappa shape index (κ3) is 4.30. The smallest absolute Gasteiger partial charge is 0.357 e. The van der Waals surface area contributed by atoms with E-state index >= 15 is 0 Å². The number of nitro groups is 1. The molecule has 0 N–H and O–H groups in total. The van der Waals surface area contributed by atoms with Crippen LogP contribution in [0.15, 0.2) is 27.8 Å². The number of hydrogen-bond acceptors (Lipinski definition) is 6. The van der Waals surface area contributed by atoms with E-state index in [-0.39, 0.29) is 5.69 Å². The van der Waals surface area contributed by atoms with Gasteiger partial charge in [-0.1, -0.05) is 12.1 Å². The normalized spacial score (nSPS) is 11.6. The van der Waals surface area contributed by atoms with Crippen LogP contribution in [0, 0.1) is 10.1 Å². The summed E-state index contributed by atoms with van der Waals surface area (Å²) in [5.74, 6) is 1.04. The van der Waals surface area contributed by atoms with Gasteiger partial charge in [-0.25, -0.2) is 4.79 Å². The van der Waals surface area contributed by atoms with Crippen LogP contribution in [0.1, 0.15) is 32.0 Å². The highest BCUT2D eigenvalue weighted by atomic mass is 16.6. The van der Waals surface area contributed by atoms with Crippen LogP contribution in [-0.4, -0.2) is 26.8 Å². The molecule has 0 spiro atoms. The number of aromatic nitrogens is 2. The van der Waals surface area contributed by atoms with E-state index in [2.05, 4.69) is 0 Å². The molecule has 0 aliphatic heterocycles. The maximum atomic E-state index is 12.1. The zero-order valence-corrected chi connectivity index (χ0v) is 16.7. The first-order valence-corrected chi connectivity index (χ1v) is 8.46. The van der Waals surface area contributed by atoms with E-state index in [0.717, 1.165) is 4.57 Å². The van der Waals surface area contributed by atoms with Gasteiger partial charge in [0.2, 0.25) is 0 Å². The molecule has 0 unspecified atom stereocenters. The highest BCUT2D eigenvalue weighted by Crippen LogP contribution is 2.31. The van der Waals surface area contributed by atoms with Gasteiger partial charge in [0, 0.05) is 14.1 Å². The maximum absolute atomic E-state index is 12.1. The molecule has 9 nitrogen and oxygen atoms in total. The maximum Gasteiger partial charge on any atom is 0.357 e. The molecular formula is C19H23N3O6. The molecular weight excluding hydrogens is 366 g/mol. The van der Waals surface area contributed by atoms with Crippen molar-refractivity contribution in [3.05, 3.63) is 60.4 Å². The molecule has 9 heteroatoms. The lowest BCUT2D eigenvalue weighted by Crippen LogP contribution is -2.39. The van der Waals surface area contributed by atoms with Gasteiger partial charge in [-0.15, -0.1) is 0 Å². The van der Waals surface area contributed by atoms with Gasteiger partial charge in [0.15, 0.2) is 11.5 Å².